The smallest absolute Gasteiger partial charge is 0.305 e. The summed E-state index contributed by atoms with van der Waals surface area (Å²) < 4.78 is 0. The van der Waals surface area contributed by atoms with Crippen molar-refractivity contribution in [2.24, 2.45) is 0 Å². The highest BCUT2D eigenvalue weighted by Gasteiger charge is 2.28. The molecule has 0 spiro atoms. The third-order valence-corrected chi connectivity index (χ3v) is 4.31. The summed E-state index contributed by atoms with van der Waals surface area (Å²) in [6.07, 6.45) is 2.37. The molecule has 1 aromatic carbocycles. The van der Waals surface area contributed by atoms with E-state index in [1.54, 1.807) is 0 Å². The summed E-state index contributed by atoms with van der Waals surface area (Å²) >= 11 is 0. The van der Waals surface area contributed by atoms with Crippen LogP contribution in [0.1, 0.15) is 30.9 Å². The predicted molar refractivity (Wildman–Crippen MR) is 79.7 cm³/mol. The Bertz CT molecular complexity index is 427. The Labute approximate surface area is 121 Å². The van der Waals surface area contributed by atoms with Crippen LogP contribution in [0.5, 0.6) is 0 Å². The van der Waals surface area contributed by atoms with Gasteiger partial charge in [-0.05, 0) is 45.6 Å². The number of piperidine rings is 1. The zero-order valence-electron chi connectivity index (χ0n) is 12.3. The van der Waals surface area contributed by atoms with Crippen LogP contribution in [0.3, 0.4) is 0 Å². The molecule has 2 rings (SSSR count). The number of carboxylic acids is 1. The van der Waals surface area contributed by atoms with E-state index >= 15 is 0 Å². The van der Waals surface area contributed by atoms with Gasteiger partial charge in [0.2, 0.25) is 0 Å². The molecular weight excluding hydrogens is 252 g/mol. The zero-order valence-corrected chi connectivity index (χ0v) is 12.3. The molecule has 1 atom stereocenters. The van der Waals surface area contributed by atoms with Gasteiger partial charge in [-0.25, -0.2) is 0 Å². The molecule has 1 fully saturated rings. The molecule has 1 unspecified atom stereocenters. The molecule has 0 saturated carbocycles. The molecule has 0 bridgehead atoms. The number of hydrogen-bond acceptors (Lipinski definition) is 3. The van der Waals surface area contributed by atoms with E-state index in [1.165, 1.54) is 0 Å². The minimum absolute atomic E-state index is 0.0397. The fourth-order valence-electron chi connectivity index (χ4n) is 2.99. The average molecular weight is 276 g/mol. The molecule has 0 aromatic heterocycles. The third kappa shape index (κ3) is 3.81. The van der Waals surface area contributed by atoms with Crippen LogP contribution in [0, 0.1) is 0 Å². The van der Waals surface area contributed by atoms with Gasteiger partial charge in [0, 0.05) is 12.1 Å². The van der Waals surface area contributed by atoms with Crippen LogP contribution in [0.4, 0.5) is 0 Å². The molecule has 1 aromatic rings. The summed E-state index contributed by atoms with van der Waals surface area (Å²) in [5.74, 6) is -0.737. The van der Waals surface area contributed by atoms with Crippen LogP contribution in [0.15, 0.2) is 30.3 Å². The highest BCUT2D eigenvalue weighted by molar-refractivity contribution is 5.68. The van der Waals surface area contributed by atoms with Gasteiger partial charge >= 0.3 is 5.97 Å². The number of nitrogens with zero attached hydrogens (tertiary/aromatic N) is 2. The van der Waals surface area contributed by atoms with Gasteiger partial charge in [0.1, 0.15) is 0 Å². The summed E-state index contributed by atoms with van der Waals surface area (Å²) in [4.78, 5) is 15.8. The molecule has 1 saturated heterocycles. The largest absolute Gasteiger partial charge is 0.481 e. The van der Waals surface area contributed by atoms with Crippen molar-refractivity contribution in [1.29, 1.82) is 0 Å². The van der Waals surface area contributed by atoms with Crippen molar-refractivity contribution in [3.05, 3.63) is 35.9 Å². The van der Waals surface area contributed by atoms with Gasteiger partial charge in [0.15, 0.2) is 0 Å². The normalized spacial score (nSPS) is 19.1. The monoisotopic (exact) mass is 276 g/mol. The van der Waals surface area contributed by atoms with E-state index in [0.29, 0.717) is 6.04 Å². The number of benzene rings is 1. The maximum atomic E-state index is 11.2. The van der Waals surface area contributed by atoms with Crippen LogP contribution in [-0.4, -0.2) is 54.1 Å². The molecule has 1 N–H and O–H groups in total. The topological polar surface area (TPSA) is 43.8 Å². The molecule has 1 aliphatic heterocycles. The lowest BCUT2D eigenvalue weighted by Crippen LogP contribution is -2.43. The molecule has 20 heavy (non-hydrogen) atoms. The van der Waals surface area contributed by atoms with Crippen LogP contribution in [-0.2, 0) is 4.79 Å². The van der Waals surface area contributed by atoms with E-state index < -0.39 is 5.97 Å². The Morgan fingerprint density at radius 1 is 1.35 bits per heavy atom. The molecular formula is C16H24N2O2. The first-order valence-electron chi connectivity index (χ1n) is 7.25. The summed E-state index contributed by atoms with van der Waals surface area (Å²) in [5, 5.41) is 9.20. The van der Waals surface area contributed by atoms with Crippen LogP contribution >= 0.6 is 0 Å². The number of carbonyl (C=O) groups is 1. The lowest BCUT2D eigenvalue weighted by molar-refractivity contribution is -0.138. The number of rotatable bonds is 5. The van der Waals surface area contributed by atoms with Crippen molar-refractivity contribution >= 4 is 5.97 Å². The van der Waals surface area contributed by atoms with Gasteiger partial charge in [0.25, 0.3) is 0 Å². The Balaban J connectivity index is 2.12. The quantitative estimate of drug-likeness (QED) is 0.895. The van der Waals surface area contributed by atoms with E-state index in [0.717, 1.165) is 31.5 Å². The first kappa shape index (κ1) is 15.0. The highest BCUT2D eigenvalue weighted by atomic mass is 16.4. The van der Waals surface area contributed by atoms with Crippen LogP contribution < -0.4 is 0 Å². The second kappa shape index (κ2) is 6.86. The summed E-state index contributed by atoms with van der Waals surface area (Å²) in [6, 6.07) is 10.4. The summed E-state index contributed by atoms with van der Waals surface area (Å²) in [6.45, 7) is 2.17. The van der Waals surface area contributed by atoms with E-state index in [2.05, 4.69) is 23.9 Å². The Morgan fingerprint density at radius 2 is 1.95 bits per heavy atom. The van der Waals surface area contributed by atoms with E-state index in [9.17, 15) is 9.90 Å². The maximum Gasteiger partial charge on any atom is 0.305 e. The number of hydrogen-bond donors (Lipinski definition) is 1. The second-order valence-corrected chi connectivity index (χ2v) is 5.72. The summed E-state index contributed by atoms with van der Waals surface area (Å²) in [7, 11) is 4.21. The zero-order chi connectivity index (χ0) is 14.5. The van der Waals surface area contributed by atoms with Gasteiger partial charge in [-0.3, -0.25) is 9.69 Å². The predicted octanol–water partition coefficient (Wildman–Crippen LogP) is 2.23. The molecule has 1 aliphatic rings. The summed E-state index contributed by atoms with van der Waals surface area (Å²) in [5.41, 5.74) is 1.09. The lowest BCUT2D eigenvalue weighted by atomic mass is 9.97. The lowest BCUT2D eigenvalue weighted by Gasteiger charge is -2.39. The number of likely N-dealkylation sites (tertiary alicyclic amines) is 1. The molecule has 110 valence electrons. The molecule has 0 radical (unpaired) electrons. The van der Waals surface area contributed by atoms with Gasteiger partial charge in [-0.15, -0.1) is 0 Å². The molecule has 4 nitrogen and oxygen atoms in total. The Morgan fingerprint density at radius 3 is 2.50 bits per heavy atom. The Kier molecular flexibility index (Phi) is 5.15. The van der Waals surface area contributed by atoms with E-state index in [-0.39, 0.29) is 12.5 Å². The molecule has 0 amide bonds. The van der Waals surface area contributed by atoms with E-state index in [1.807, 2.05) is 30.3 Å². The van der Waals surface area contributed by atoms with E-state index in [4.69, 9.17) is 0 Å². The van der Waals surface area contributed by atoms with Gasteiger partial charge in [-0.2, -0.15) is 0 Å². The molecule has 1 heterocycles. The number of aliphatic carboxylic acids is 1. The third-order valence-electron chi connectivity index (χ3n) is 4.31. The average Bonchev–Trinajstić information content (AvgIpc) is 2.45. The fourth-order valence-corrected chi connectivity index (χ4v) is 2.99. The number of carboxylic acid groups (broad SMARTS) is 1. The van der Waals surface area contributed by atoms with Crippen molar-refractivity contribution < 1.29 is 9.90 Å². The molecule has 0 aliphatic carbocycles. The van der Waals surface area contributed by atoms with Crippen LogP contribution in [0.2, 0.25) is 0 Å². The van der Waals surface area contributed by atoms with Crippen molar-refractivity contribution in [3.8, 4) is 0 Å². The fraction of sp³-hybridized carbons (Fsp3) is 0.562. The standard InChI is InChI=1S/C16H24N2O2/c1-17-10-8-14(9-11-17)18(2)15(12-16(19)20)13-6-4-3-5-7-13/h3-7,14-15H,8-12H2,1-2H3,(H,19,20). The van der Waals surface area contributed by atoms with Crippen molar-refractivity contribution in [2.45, 2.75) is 31.3 Å². The SMILES string of the molecule is CN1CCC(N(C)C(CC(=O)O)c2ccccc2)CC1. The first-order valence-corrected chi connectivity index (χ1v) is 7.25. The van der Waals surface area contributed by atoms with Crippen LogP contribution in [0.25, 0.3) is 0 Å². The maximum absolute atomic E-state index is 11.2. The van der Waals surface area contributed by atoms with Crippen molar-refractivity contribution in [3.63, 3.8) is 0 Å². The second-order valence-electron chi connectivity index (χ2n) is 5.72. The van der Waals surface area contributed by atoms with Gasteiger partial charge in [0.05, 0.1) is 6.42 Å². The Hall–Kier alpha value is -1.39. The first-order chi connectivity index (χ1) is 9.58. The minimum Gasteiger partial charge on any atom is -0.481 e. The van der Waals surface area contributed by atoms with Gasteiger partial charge in [-0.1, -0.05) is 30.3 Å². The highest BCUT2D eigenvalue weighted by Crippen LogP contribution is 2.28. The molecule has 4 heteroatoms. The minimum atomic E-state index is -0.737. The van der Waals surface area contributed by atoms with Gasteiger partial charge < -0.3 is 10.0 Å². The van der Waals surface area contributed by atoms with Crippen molar-refractivity contribution in [2.75, 3.05) is 27.2 Å². The van der Waals surface area contributed by atoms with Crippen molar-refractivity contribution in [1.82, 2.24) is 9.80 Å².